The topological polar surface area (TPSA) is 0 Å². The second-order valence-corrected chi connectivity index (χ2v) is 7.77. The maximum absolute atomic E-state index is 5.62. The first-order valence-electron chi connectivity index (χ1n) is 6.12. The van der Waals surface area contributed by atoms with Gasteiger partial charge in [-0.3, -0.25) is 0 Å². The molecule has 1 radical (unpaired) electrons. The Morgan fingerprint density at radius 2 is 1.14 bits per heavy atom. The normalized spacial score (nSPS) is 11.1. The van der Waals surface area contributed by atoms with Crippen molar-refractivity contribution in [3.63, 3.8) is 0 Å². The Bertz CT molecular complexity index is 104. The summed E-state index contributed by atoms with van der Waals surface area (Å²) in [6.07, 6.45) is 11.2. The standard InChI is InChI=1S/C12H26ClSi/c1-14(2)12-10-8-6-4-3-5-7-9-11-13/h3-12H2,1-2H3. The summed E-state index contributed by atoms with van der Waals surface area (Å²) in [4.78, 5) is 0. The summed E-state index contributed by atoms with van der Waals surface area (Å²) in [5, 5.41) is 0. The van der Waals surface area contributed by atoms with E-state index in [1.165, 1.54) is 57.4 Å². The highest BCUT2D eigenvalue weighted by Crippen LogP contribution is 2.11. The molecule has 0 aliphatic heterocycles. The van der Waals surface area contributed by atoms with E-state index >= 15 is 0 Å². The fraction of sp³-hybridized carbons (Fsp3) is 1.00. The maximum Gasteiger partial charge on any atom is 0.0412 e. The Kier molecular flexibility index (Phi) is 12.0. The van der Waals surface area contributed by atoms with E-state index in [9.17, 15) is 0 Å². The molecule has 0 aliphatic carbocycles. The quantitative estimate of drug-likeness (QED) is 0.280. The van der Waals surface area contributed by atoms with Gasteiger partial charge in [0.15, 0.2) is 0 Å². The minimum Gasteiger partial charge on any atom is -0.127 e. The van der Waals surface area contributed by atoms with Gasteiger partial charge in [-0.2, -0.15) is 0 Å². The molecule has 0 unspecified atom stereocenters. The van der Waals surface area contributed by atoms with Gasteiger partial charge in [-0.1, -0.05) is 64.1 Å². The zero-order valence-electron chi connectivity index (χ0n) is 9.95. The Labute approximate surface area is 97.0 Å². The molecule has 14 heavy (non-hydrogen) atoms. The molecule has 0 bridgehead atoms. The number of alkyl halides is 1. The van der Waals surface area contributed by atoms with Gasteiger partial charge in [0.2, 0.25) is 0 Å². The van der Waals surface area contributed by atoms with Gasteiger partial charge >= 0.3 is 0 Å². The Morgan fingerprint density at radius 3 is 1.57 bits per heavy atom. The van der Waals surface area contributed by atoms with E-state index in [0.29, 0.717) is 0 Å². The largest absolute Gasteiger partial charge is 0.127 e. The average molecular weight is 234 g/mol. The first-order valence-corrected chi connectivity index (χ1v) is 9.36. The molecule has 85 valence electrons. The summed E-state index contributed by atoms with van der Waals surface area (Å²) in [5.74, 6) is 0.845. The summed E-state index contributed by atoms with van der Waals surface area (Å²) >= 11 is 5.62. The Hall–Kier alpha value is 0.507. The van der Waals surface area contributed by atoms with Crippen LogP contribution in [0.25, 0.3) is 0 Å². The van der Waals surface area contributed by atoms with Crippen molar-refractivity contribution in [1.29, 1.82) is 0 Å². The molecule has 0 aromatic rings. The van der Waals surface area contributed by atoms with Crippen LogP contribution in [0.15, 0.2) is 0 Å². The fourth-order valence-corrected chi connectivity index (χ4v) is 2.78. The summed E-state index contributed by atoms with van der Waals surface area (Å²) in [5.41, 5.74) is 0. The second-order valence-electron chi connectivity index (χ2n) is 4.47. The predicted molar refractivity (Wildman–Crippen MR) is 69.9 cm³/mol. The van der Waals surface area contributed by atoms with Crippen molar-refractivity contribution >= 4 is 20.4 Å². The molecular weight excluding hydrogens is 208 g/mol. The zero-order chi connectivity index (χ0) is 10.6. The van der Waals surface area contributed by atoms with Crippen molar-refractivity contribution in [3.8, 4) is 0 Å². The molecule has 0 aromatic heterocycles. The van der Waals surface area contributed by atoms with Crippen LogP contribution in [0.2, 0.25) is 19.1 Å². The van der Waals surface area contributed by atoms with Crippen molar-refractivity contribution in [2.24, 2.45) is 0 Å². The fourth-order valence-electron chi connectivity index (χ4n) is 1.63. The molecule has 0 amide bonds. The van der Waals surface area contributed by atoms with Crippen LogP contribution in [0.1, 0.15) is 51.4 Å². The smallest absolute Gasteiger partial charge is 0.0412 e. The molecule has 0 nitrogen and oxygen atoms in total. The van der Waals surface area contributed by atoms with Crippen molar-refractivity contribution in [2.75, 3.05) is 5.88 Å². The lowest BCUT2D eigenvalue weighted by atomic mass is 10.1. The molecule has 0 rings (SSSR count). The summed E-state index contributed by atoms with van der Waals surface area (Å²) in [6, 6.07) is 1.51. The monoisotopic (exact) mass is 233 g/mol. The third kappa shape index (κ3) is 12.5. The number of halogens is 1. The minimum atomic E-state index is 0.0464. The molecule has 0 aliphatic rings. The summed E-state index contributed by atoms with van der Waals surface area (Å²) in [7, 11) is 0.0464. The Morgan fingerprint density at radius 1 is 0.714 bits per heavy atom. The van der Waals surface area contributed by atoms with Gasteiger partial charge in [0, 0.05) is 14.7 Å². The van der Waals surface area contributed by atoms with Gasteiger partial charge in [0.1, 0.15) is 0 Å². The summed E-state index contributed by atoms with van der Waals surface area (Å²) < 4.78 is 0. The number of hydrogen-bond acceptors (Lipinski definition) is 0. The van der Waals surface area contributed by atoms with Crippen LogP contribution in [-0.4, -0.2) is 14.7 Å². The van der Waals surface area contributed by atoms with Crippen molar-refractivity contribution in [1.82, 2.24) is 0 Å². The lowest BCUT2D eigenvalue weighted by Crippen LogP contribution is -1.97. The molecule has 0 saturated carbocycles. The van der Waals surface area contributed by atoms with Crippen LogP contribution in [0, 0.1) is 0 Å². The van der Waals surface area contributed by atoms with Crippen LogP contribution in [-0.2, 0) is 0 Å². The molecule has 0 spiro atoms. The van der Waals surface area contributed by atoms with Gasteiger partial charge < -0.3 is 0 Å². The van der Waals surface area contributed by atoms with Gasteiger partial charge in [-0.25, -0.2) is 0 Å². The van der Waals surface area contributed by atoms with Gasteiger partial charge in [0.05, 0.1) is 0 Å². The maximum atomic E-state index is 5.62. The van der Waals surface area contributed by atoms with Crippen molar-refractivity contribution in [3.05, 3.63) is 0 Å². The van der Waals surface area contributed by atoms with Crippen molar-refractivity contribution < 1.29 is 0 Å². The molecule has 0 saturated heterocycles. The Balaban J connectivity index is 2.85. The van der Waals surface area contributed by atoms with Gasteiger partial charge in [-0.15, -0.1) is 11.6 Å². The van der Waals surface area contributed by atoms with Crippen molar-refractivity contribution in [2.45, 2.75) is 70.5 Å². The lowest BCUT2D eigenvalue weighted by Gasteiger charge is -2.03. The second kappa shape index (κ2) is 11.6. The first-order chi connectivity index (χ1) is 6.77. The van der Waals surface area contributed by atoms with Crippen LogP contribution >= 0.6 is 11.6 Å². The van der Waals surface area contributed by atoms with E-state index in [0.717, 1.165) is 5.88 Å². The van der Waals surface area contributed by atoms with E-state index in [4.69, 9.17) is 11.6 Å². The minimum absolute atomic E-state index is 0.0464. The lowest BCUT2D eigenvalue weighted by molar-refractivity contribution is 0.585. The molecule has 2 heteroatoms. The summed E-state index contributed by atoms with van der Waals surface area (Å²) in [6.45, 7) is 4.83. The van der Waals surface area contributed by atoms with E-state index in [-0.39, 0.29) is 8.80 Å². The highest BCUT2D eigenvalue weighted by molar-refractivity contribution is 6.55. The van der Waals surface area contributed by atoms with E-state index in [1.807, 2.05) is 0 Å². The molecule has 0 N–H and O–H groups in total. The number of unbranched alkanes of at least 4 members (excludes halogenated alkanes) is 7. The van der Waals surface area contributed by atoms with E-state index in [2.05, 4.69) is 13.1 Å². The van der Waals surface area contributed by atoms with Gasteiger partial charge in [0.25, 0.3) is 0 Å². The predicted octanol–water partition coefficient (Wildman–Crippen LogP) is 5.10. The van der Waals surface area contributed by atoms with E-state index < -0.39 is 0 Å². The first kappa shape index (κ1) is 14.5. The number of hydrogen-bond donors (Lipinski definition) is 0. The average Bonchev–Trinajstić information content (AvgIpc) is 2.15. The highest BCUT2D eigenvalue weighted by Gasteiger charge is 1.95. The molecule has 0 heterocycles. The third-order valence-electron chi connectivity index (χ3n) is 2.56. The SMILES string of the molecule is C[Si](C)CCCCCCCCCCCl. The molecular formula is C12H26ClSi. The number of rotatable bonds is 10. The zero-order valence-corrected chi connectivity index (χ0v) is 11.7. The molecule has 0 aromatic carbocycles. The van der Waals surface area contributed by atoms with Crippen LogP contribution in [0.5, 0.6) is 0 Å². The van der Waals surface area contributed by atoms with Crippen LogP contribution in [0.3, 0.4) is 0 Å². The van der Waals surface area contributed by atoms with Crippen LogP contribution in [0.4, 0.5) is 0 Å². The van der Waals surface area contributed by atoms with Crippen LogP contribution < -0.4 is 0 Å². The third-order valence-corrected chi connectivity index (χ3v) is 4.18. The van der Waals surface area contributed by atoms with E-state index in [1.54, 1.807) is 0 Å². The van der Waals surface area contributed by atoms with Gasteiger partial charge in [-0.05, 0) is 6.42 Å². The molecule has 0 atom stereocenters. The highest BCUT2D eigenvalue weighted by atomic mass is 35.5. The molecule has 0 fully saturated rings.